The fourth-order valence-corrected chi connectivity index (χ4v) is 3.83. The molecular weight excluding hydrogens is 454 g/mol. The summed E-state index contributed by atoms with van der Waals surface area (Å²) in [7, 11) is -4.89. The monoisotopic (exact) mass is 475 g/mol. The summed E-state index contributed by atoms with van der Waals surface area (Å²) in [6, 6.07) is -2.45. The van der Waals surface area contributed by atoms with E-state index in [1.807, 2.05) is 0 Å². The third kappa shape index (κ3) is 5.54. The van der Waals surface area contributed by atoms with Crippen LogP contribution in [0.25, 0.3) is 0 Å². The van der Waals surface area contributed by atoms with Crippen molar-refractivity contribution >= 4 is 34.1 Å². The number of hydroxylamine groups is 2. The number of piperidine rings is 1. The number of ether oxygens (including phenoxy) is 1. The van der Waals surface area contributed by atoms with Crippen molar-refractivity contribution in [1.82, 2.24) is 35.5 Å². The Morgan fingerprint density at radius 3 is 2.72 bits per heavy atom. The van der Waals surface area contributed by atoms with Crippen LogP contribution in [0.1, 0.15) is 25.6 Å². The van der Waals surface area contributed by atoms with Crippen molar-refractivity contribution < 1.29 is 41.2 Å². The molecule has 0 radical (unpaired) electrons. The maximum absolute atomic E-state index is 12.5. The molecule has 3 rings (SSSR count). The van der Waals surface area contributed by atoms with Crippen molar-refractivity contribution in [3.05, 3.63) is 5.82 Å². The Kier molecular flexibility index (Phi) is 6.99. The largest absolute Gasteiger partial charge is 0.466 e. The second-order valence-corrected chi connectivity index (χ2v) is 8.01. The van der Waals surface area contributed by atoms with E-state index in [1.54, 1.807) is 6.92 Å². The second-order valence-electron chi connectivity index (χ2n) is 7.00. The molecule has 0 aliphatic carbocycles. The maximum atomic E-state index is 12.5. The number of rotatable bonds is 10. The minimum atomic E-state index is -4.89. The van der Waals surface area contributed by atoms with Crippen LogP contribution >= 0.6 is 0 Å². The summed E-state index contributed by atoms with van der Waals surface area (Å²) >= 11 is 0. The number of amides is 3. The predicted molar refractivity (Wildman–Crippen MR) is 99.6 cm³/mol. The van der Waals surface area contributed by atoms with Crippen LogP contribution < -0.4 is 5.32 Å². The Labute approximate surface area is 181 Å². The molecule has 2 atom stereocenters. The number of carbonyl (C=O) groups is 4. The summed E-state index contributed by atoms with van der Waals surface area (Å²) in [5, 5.41) is 13.7. The minimum Gasteiger partial charge on any atom is -0.466 e. The number of carbonyl (C=O) groups excluding carboxylic acids is 4. The van der Waals surface area contributed by atoms with Crippen molar-refractivity contribution in [3.8, 4) is 0 Å². The van der Waals surface area contributed by atoms with Crippen LogP contribution in [0.2, 0.25) is 0 Å². The second kappa shape index (κ2) is 9.53. The van der Waals surface area contributed by atoms with Crippen LogP contribution in [0.4, 0.5) is 4.79 Å². The quantitative estimate of drug-likeness (QED) is 0.265. The van der Waals surface area contributed by atoms with Crippen LogP contribution in [0, 0.1) is 0 Å². The average molecular weight is 475 g/mol. The highest BCUT2D eigenvalue weighted by molar-refractivity contribution is 7.80. The molecule has 2 saturated heterocycles. The van der Waals surface area contributed by atoms with Gasteiger partial charge in [0.2, 0.25) is 5.91 Å². The SMILES string of the molecule is CCOC(=O)Cc1nnnn1CC(=O)CNC(=O)[C@@H]1CC[C@@H]2CN1C(=O)N2OS(=O)(=O)O. The number of Topliss-reactive ketones (excluding diaryl/α,β-unsaturated/α-hetero) is 1. The van der Waals surface area contributed by atoms with Gasteiger partial charge in [-0.3, -0.25) is 18.9 Å². The fraction of sp³-hybridized carbons (Fsp3) is 0.667. The first-order valence-electron chi connectivity index (χ1n) is 9.56. The molecule has 32 heavy (non-hydrogen) atoms. The molecule has 3 amide bonds. The summed E-state index contributed by atoms with van der Waals surface area (Å²) in [6.07, 6.45) is 0.243. The predicted octanol–water partition coefficient (Wildman–Crippen LogP) is -2.53. The lowest BCUT2D eigenvalue weighted by Gasteiger charge is -2.29. The van der Waals surface area contributed by atoms with Gasteiger partial charge in [-0.25, -0.2) is 9.48 Å². The van der Waals surface area contributed by atoms with Crippen molar-refractivity contribution in [1.29, 1.82) is 0 Å². The summed E-state index contributed by atoms with van der Waals surface area (Å²) < 4.78 is 40.9. The van der Waals surface area contributed by atoms with Crippen LogP contribution in [0.3, 0.4) is 0 Å². The number of urea groups is 1. The number of nitrogens with one attached hydrogen (secondary N) is 1. The van der Waals surface area contributed by atoms with Gasteiger partial charge in [-0.1, -0.05) is 0 Å². The molecule has 0 saturated carbocycles. The van der Waals surface area contributed by atoms with Gasteiger partial charge < -0.3 is 15.0 Å². The highest BCUT2D eigenvalue weighted by atomic mass is 32.3. The highest BCUT2D eigenvalue weighted by Crippen LogP contribution is 2.30. The number of esters is 1. The first kappa shape index (κ1) is 23.5. The molecule has 2 aliphatic heterocycles. The van der Waals surface area contributed by atoms with Gasteiger partial charge in [-0.15, -0.1) is 9.38 Å². The van der Waals surface area contributed by atoms with E-state index < -0.39 is 46.2 Å². The molecule has 0 spiro atoms. The number of hydrogen-bond acceptors (Lipinski definition) is 11. The van der Waals surface area contributed by atoms with Crippen LogP contribution in [0.5, 0.6) is 0 Å². The number of aromatic nitrogens is 4. The fourth-order valence-electron chi connectivity index (χ4n) is 3.44. The molecule has 3 heterocycles. The van der Waals surface area contributed by atoms with E-state index in [-0.39, 0.29) is 51.3 Å². The summed E-state index contributed by atoms with van der Waals surface area (Å²) in [5.41, 5.74) is 0. The number of fused-ring (bicyclic) bond motifs is 2. The van der Waals surface area contributed by atoms with Gasteiger partial charge in [0.25, 0.3) is 0 Å². The van der Waals surface area contributed by atoms with E-state index in [0.29, 0.717) is 5.06 Å². The van der Waals surface area contributed by atoms with Gasteiger partial charge >= 0.3 is 22.4 Å². The van der Waals surface area contributed by atoms with Gasteiger partial charge in [0, 0.05) is 6.54 Å². The molecule has 176 valence electrons. The molecule has 2 aliphatic rings. The number of ketones is 1. The number of hydrogen-bond donors (Lipinski definition) is 2. The molecule has 0 unspecified atom stereocenters. The molecule has 1 aromatic rings. The molecule has 17 heteroatoms. The summed E-state index contributed by atoms with van der Waals surface area (Å²) in [5.74, 6) is -1.50. The van der Waals surface area contributed by atoms with Crippen molar-refractivity contribution in [2.75, 3.05) is 19.7 Å². The van der Waals surface area contributed by atoms with Crippen LogP contribution in [0.15, 0.2) is 0 Å². The molecule has 2 bridgehead atoms. The van der Waals surface area contributed by atoms with E-state index in [0.717, 1.165) is 9.58 Å². The van der Waals surface area contributed by atoms with Crippen molar-refractivity contribution in [2.24, 2.45) is 0 Å². The Morgan fingerprint density at radius 2 is 2.03 bits per heavy atom. The molecule has 2 fully saturated rings. The maximum Gasteiger partial charge on any atom is 0.418 e. The topological polar surface area (TPSA) is 203 Å². The lowest BCUT2D eigenvalue weighted by atomic mass is 10.0. The molecule has 1 aromatic heterocycles. The standard InChI is InChI=1S/C15H21N7O9S/c1-2-30-13(24)5-12-17-18-19-21(12)8-10(23)6-16-14(25)11-4-3-9-7-20(11)15(26)22(9)31-32(27,28)29/h9,11H,2-8H2,1H3,(H,16,25)(H,27,28,29)/t9-,11+/m1/s1. The van der Waals surface area contributed by atoms with Gasteiger partial charge in [0.05, 0.1) is 19.2 Å². The van der Waals surface area contributed by atoms with Gasteiger partial charge in [0.15, 0.2) is 11.6 Å². The average Bonchev–Trinajstić information content (AvgIpc) is 3.23. The Bertz CT molecular complexity index is 1010. The first-order valence-corrected chi connectivity index (χ1v) is 10.9. The Balaban J connectivity index is 1.52. The van der Waals surface area contributed by atoms with E-state index in [9.17, 15) is 27.6 Å². The molecular formula is C15H21N7O9S. The Morgan fingerprint density at radius 1 is 1.28 bits per heavy atom. The zero-order valence-corrected chi connectivity index (χ0v) is 17.7. The molecule has 16 nitrogen and oxygen atoms in total. The summed E-state index contributed by atoms with van der Waals surface area (Å²) in [4.78, 5) is 49.8. The van der Waals surface area contributed by atoms with Gasteiger partial charge in [0.1, 0.15) is 19.0 Å². The van der Waals surface area contributed by atoms with Crippen molar-refractivity contribution in [3.63, 3.8) is 0 Å². The lowest BCUT2D eigenvalue weighted by Crippen LogP contribution is -2.50. The molecule has 2 N–H and O–H groups in total. The highest BCUT2D eigenvalue weighted by Gasteiger charge is 2.49. The van der Waals surface area contributed by atoms with E-state index in [1.165, 1.54) is 0 Å². The normalized spacial score (nSPS) is 20.4. The Hall–Kier alpha value is -3.18. The van der Waals surface area contributed by atoms with Crippen LogP contribution in [-0.4, -0.2) is 98.6 Å². The van der Waals surface area contributed by atoms with E-state index in [4.69, 9.17) is 9.29 Å². The van der Waals surface area contributed by atoms with Gasteiger partial charge in [-0.05, 0) is 30.2 Å². The first-order chi connectivity index (χ1) is 15.1. The minimum absolute atomic E-state index is 0.0300. The summed E-state index contributed by atoms with van der Waals surface area (Å²) in [6.45, 7) is 1.18. The zero-order valence-electron chi connectivity index (χ0n) is 16.9. The smallest absolute Gasteiger partial charge is 0.418 e. The zero-order chi connectivity index (χ0) is 23.5. The van der Waals surface area contributed by atoms with E-state index in [2.05, 4.69) is 25.1 Å². The lowest BCUT2D eigenvalue weighted by molar-refractivity contribution is -0.142. The number of nitrogens with zero attached hydrogens (tertiary/aromatic N) is 6. The molecule has 0 aromatic carbocycles. The third-order valence-corrected chi connectivity index (χ3v) is 5.15. The van der Waals surface area contributed by atoms with Crippen molar-refractivity contribution in [2.45, 2.75) is 44.8 Å². The van der Waals surface area contributed by atoms with Crippen LogP contribution in [-0.2, 0) is 46.8 Å². The third-order valence-electron chi connectivity index (χ3n) is 4.80. The number of tetrazole rings is 1. The van der Waals surface area contributed by atoms with E-state index >= 15 is 0 Å². The van der Waals surface area contributed by atoms with Gasteiger partial charge in [-0.2, -0.15) is 13.5 Å².